The SMILES string of the molecule is OC(CNCCC1CCCC1)COCc1ccccc1F. The zero-order valence-corrected chi connectivity index (χ0v) is 12.6. The van der Waals surface area contributed by atoms with Gasteiger partial charge in [0.15, 0.2) is 0 Å². The highest BCUT2D eigenvalue weighted by Gasteiger charge is 2.14. The number of hydrogen-bond donors (Lipinski definition) is 2. The molecular formula is C17H26FNO2. The van der Waals surface area contributed by atoms with Gasteiger partial charge in [0.1, 0.15) is 5.82 Å². The van der Waals surface area contributed by atoms with Crippen molar-refractivity contribution in [3.05, 3.63) is 35.6 Å². The van der Waals surface area contributed by atoms with Gasteiger partial charge in [-0.2, -0.15) is 0 Å². The summed E-state index contributed by atoms with van der Waals surface area (Å²) in [6, 6.07) is 6.55. The minimum Gasteiger partial charge on any atom is -0.389 e. The Morgan fingerprint density at radius 3 is 2.81 bits per heavy atom. The van der Waals surface area contributed by atoms with Crippen molar-refractivity contribution >= 4 is 0 Å². The van der Waals surface area contributed by atoms with Crippen molar-refractivity contribution in [2.75, 3.05) is 19.7 Å². The van der Waals surface area contributed by atoms with E-state index >= 15 is 0 Å². The Kier molecular flexibility index (Phi) is 7.13. The third kappa shape index (κ3) is 6.12. The van der Waals surface area contributed by atoms with E-state index < -0.39 is 6.10 Å². The lowest BCUT2D eigenvalue weighted by Crippen LogP contribution is -2.31. The van der Waals surface area contributed by atoms with E-state index in [-0.39, 0.29) is 19.0 Å². The molecule has 1 atom stereocenters. The molecule has 1 aliphatic rings. The largest absolute Gasteiger partial charge is 0.389 e. The fourth-order valence-electron chi connectivity index (χ4n) is 2.85. The lowest BCUT2D eigenvalue weighted by Gasteiger charge is -2.14. The number of benzene rings is 1. The minimum absolute atomic E-state index is 0.200. The Morgan fingerprint density at radius 1 is 1.29 bits per heavy atom. The molecule has 1 aromatic rings. The summed E-state index contributed by atoms with van der Waals surface area (Å²) >= 11 is 0. The molecule has 0 spiro atoms. The quantitative estimate of drug-likeness (QED) is 0.688. The molecule has 0 aromatic heterocycles. The highest BCUT2D eigenvalue weighted by atomic mass is 19.1. The molecule has 0 saturated heterocycles. The number of hydrogen-bond acceptors (Lipinski definition) is 3. The van der Waals surface area contributed by atoms with E-state index in [4.69, 9.17) is 4.74 Å². The van der Waals surface area contributed by atoms with Crippen LogP contribution >= 0.6 is 0 Å². The van der Waals surface area contributed by atoms with Gasteiger partial charge in [-0.1, -0.05) is 43.9 Å². The Hall–Kier alpha value is -0.970. The van der Waals surface area contributed by atoms with Crippen molar-refractivity contribution in [2.24, 2.45) is 5.92 Å². The van der Waals surface area contributed by atoms with Crippen LogP contribution in [0.4, 0.5) is 4.39 Å². The van der Waals surface area contributed by atoms with E-state index in [2.05, 4.69) is 5.32 Å². The first-order chi connectivity index (χ1) is 10.3. The molecule has 1 fully saturated rings. The summed E-state index contributed by atoms with van der Waals surface area (Å²) in [6.07, 6.45) is 6.11. The summed E-state index contributed by atoms with van der Waals surface area (Å²) in [5.74, 6) is 0.605. The normalized spacial score (nSPS) is 17.2. The molecule has 0 bridgehead atoms. The Balaban J connectivity index is 1.51. The second kappa shape index (κ2) is 9.13. The molecule has 1 aliphatic carbocycles. The summed E-state index contributed by atoms with van der Waals surface area (Å²) in [5.41, 5.74) is 0.527. The topological polar surface area (TPSA) is 41.5 Å². The Labute approximate surface area is 126 Å². The second-order valence-corrected chi connectivity index (χ2v) is 5.90. The van der Waals surface area contributed by atoms with Crippen LogP contribution in [0.2, 0.25) is 0 Å². The summed E-state index contributed by atoms with van der Waals surface area (Å²) in [7, 11) is 0. The zero-order valence-electron chi connectivity index (χ0n) is 12.6. The fourth-order valence-corrected chi connectivity index (χ4v) is 2.85. The monoisotopic (exact) mass is 295 g/mol. The maximum atomic E-state index is 13.4. The minimum atomic E-state index is -0.541. The van der Waals surface area contributed by atoms with Crippen LogP contribution in [0.15, 0.2) is 24.3 Å². The molecule has 0 aliphatic heterocycles. The number of aliphatic hydroxyl groups is 1. The summed E-state index contributed by atoms with van der Waals surface area (Å²) in [4.78, 5) is 0. The molecule has 21 heavy (non-hydrogen) atoms. The van der Waals surface area contributed by atoms with E-state index in [1.165, 1.54) is 38.2 Å². The van der Waals surface area contributed by atoms with Gasteiger partial charge < -0.3 is 15.2 Å². The first-order valence-electron chi connectivity index (χ1n) is 7.95. The first kappa shape index (κ1) is 16.4. The van der Waals surface area contributed by atoms with Crippen LogP contribution in [0.1, 0.15) is 37.7 Å². The maximum Gasteiger partial charge on any atom is 0.128 e. The van der Waals surface area contributed by atoms with Gasteiger partial charge in [0.05, 0.1) is 19.3 Å². The molecule has 2 rings (SSSR count). The van der Waals surface area contributed by atoms with E-state index in [9.17, 15) is 9.50 Å². The van der Waals surface area contributed by atoms with Crippen LogP contribution in [-0.2, 0) is 11.3 Å². The molecule has 2 N–H and O–H groups in total. The molecule has 118 valence electrons. The number of halogens is 1. The van der Waals surface area contributed by atoms with Crippen molar-refractivity contribution in [3.63, 3.8) is 0 Å². The standard InChI is InChI=1S/C17H26FNO2/c18-17-8-4-3-7-15(17)12-21-13-16(20)11-19-10-9-14-5-1-2-6-14/h3-4,7-8,14,16,19-20H,1-2,5-6,9-13H2. The van der Waals surface area contributed by atoms with Gasteiger partial charge in [0, 0.05) is 12.1 Å². The number of aliphatic hydroxyl groups excluding tert-OH is 1. The highest BCUT2D eigenvalue weighted by Crippen LogP contribution is 2.26. The van der Waals surface area contributed by atoms with E-state index in [1.807, 2.05) is 0 Å². The molecule has 1 aromatic carbocycles. The smallest absolute Gasteiger partial charge is 0.128 e. The molecule has 1 unspecified atom stereocenters. The lowest BCUT2D eigenvalue weighted by atomic mass is 10.0. The van der Waals surface area contributed by atoms with Crippen LogP contribution in [-0.4, -0.2) is 30.9 Å². The summed E-state index contributed by atoms with van der Waals surface area (Å²) in [6.45, 7) is 1.91. The molecule has 0 amide bonds. The van der Waals surface area contributed by atoms with Crippen LogP contribution in [0, 0.1) is 11.7 Å². The molecule has 0 radical (unpaired) electrons. The summed E-state index contributed by atoms with van der Waals surface area (Å²) < 4.78 is 18.7. The number of ether oxygens (including phenoxy) is 1. The van der Waals surface area contributed by atoms with Gasteiger partial charge >= 0.3 is 0 Å². The van der Waals surface area contributed by atoms with Crippen LogP contribution in [0.3, 0.4) is 0 Å². The zero-order chi connectivity index (χ0) is 14.9. The predicted molar refractivity (Wildman–Crippen MR) is 81.5 cm³/mol. The molecule has 1 saturated carbocycles. The first-order valence-corrected chi connectivity index (χ1v) is 7.95. The van der Waals surface area contributed by atoms with Crippen LogP contribution < -0.4 is 5.32 Å². The van der Waals surface area contributed by atoms with Gasteiger partial charge in [-0.15, -0.1) is 0 Å². The van der Waals surface area contributed by atoms with Crippen molar-refractivity contribution in [1.29, 1.82) is 0 Å². The van der Waals surface area contributed by atoms with Crippen molar-refractivity contribution in [1.82, 2.24) is 5.32 Å². The van der Waals surface area contributed by atoms with Gasteiger partial charge in [-0.25, -0.2) is 4.39 Å². The number of rotatable bonds is 9. The van der Waals surface area contributed by atoms with Crippen molar-refractivity contribution < 1.29 is 14.2 Å². The van der Waals surface area contributed by atoms with Gasteiger partial charge in [0.2, 0.25) is 0 Å². The van der Waals surface area contributed by atoms with Gasteiger partial charge in [-0.3, -0.25) is 0 Å². The third-order valence-corrected chi connectivity index (χ3v) is 4.11. The van der Waals surface area contributed by atoms with Crippen LogP contribution in [0.25, 0.3) is 0 Å². The molecular weight excluding hydrogens is 269 g/mol. The van der Waals surface area contributed by atoms with E-state index in [1.54, 1.807) is 18.2 Å². The number of nitrogens with one attached hydrogen (secondary N) is 1. The van der Waals surface area contributed by atoms with Crippen molar-refractivity contribution in [3.8, 4) is 0 Å². The Bertz CT molecular complexity index is 408. The van der Waals surface area contributed by atoms with E-state index in [0.717, 1.165) is 12.5 Å². The maximum absolute atomic E-state index is 13.4. The Morgan fingerprint density at radius 2 is 2.05 bits per heavy atom. The van der Waals surface area contributed by atoms with E-state index in [0.29, 0.717) is 12.1 Å². The fraction of sp³-hybridized carbons (Fsp3) is 0.647. The summed E-state index contributed by atoms with van der Waals surface area (Å²) in [5, 5.41) is 13.1. The average molecular weight is 295 g/mol. The van der Waals surface area contributed by atoms with Crippen molar-refractivity contribution in [2.45, 2.75) is 44.8 Å². The molecule has 4 heteroatoms. The molecule has 0 heterocycles. The average Bonchev–Trinajstić information content (AvgIpc) is 2.99. The van der Waals surface area contributed by atoms with Crippen LogP contribution in [0.5, 0.6) is 0 Å². The second-order valence-electron chi connectivity index (χ2n) is 5.90. The molecule has 3 nitrogen and oxygen atoms in total. The lowest BCUT2D eigenvalue weighted by molar-refractivity contribution is 0.0278. The third-order valence-electron chi connectivity index (χ3n) is 4.11. The predicted octanol–water partition coefficient (Wildman–Crippen LogP) is 2.87. The van der Waals surface area contributed by atoms with Gasteiger partial charge in [0.25, 0.3) is 0 Å². The van der Waals surface area contributed by atoms with Gasteiger partial charge in [-0.05, 0) is 24.9 Å². The highest BCUT2D eigenvalue weighted by molar-refractivity contribution is 5.16.